The lowest BCUT2D eigenvalue weighted by Gasteiger charge is -2.13. The second kappa shape index (κ2) is 4.90. The average molecular weight is 177 g/mol. The second-order valence-electron chi connectivity index (χ2n) is 3.43. The molecule has 1 aromatic carbocycles. The maximum atomic E-state index is 11.5. The van der Waals surface area contributed by atoms with Crippen LogP contribution in [0.3, 0.4) is 0 Å². The minimum Gasteiger partial charge on any atom is -0.290 e. The van der Waals surface area contributed by atoms with Gasteiger partial charge in [-0.1, -0.05) is 38.5 Å². The molecule has 0 aromatic heterocycles. The molecule has 0 amide bonds. The molecular formula is C12H17O. The summed E-state index contributed by atoms with van der Waals surface area (Å²) in [7, 11) is 0. The number of rotatable bonds is 4. The highest BCUT2D eigenvalue weighted by Gasteiger charge is 2.12. The zero-order valence-electron chi connectivity index (χ0n) is 8.42. The molecule has 0 fully saturated rings. The van der Waals surface area contributed by atoms with Gasteiger partial charge in [0.05, 0.1) is 0 Å². The minimum atomic E-state index is 0.197. The summed E-state index contributed by atoms with van der Waals surface area (Å²) in [6.07, 6.45) is 3.33. The molecule has 71 valence electrons. The van der Waals surface area contributed by atoms with E-state index in [1.165, 1.54) is 0 Å². The molecule has 1 rings (SSSR count). The van der Waals surface area contributed by atoms with Crippen molar-refractivity contribution in [2.45, 2.75) is 39.0 Å². The Morgan fingerprint density at radius 1 is 1.23 bits per heavy atom. The largest absolute Gasteiger partial charge is 0.290 e. The quantitative estimate of drug-likeness (QED) is 0.659. The molecule has 1 radical (unpaired) electrons. The summed E-state index contributed by atoms with van der Waals surface area (Å²) >= 11 is 0. The molecule has 13 heavy (non-hydrogen) atoms. The number of para-hydroxylation sites is 1. The molecule has 0 aliphatic carbocycles. The van der Waals surface area contributed by atoms with Gasteiger partial charge in [-0.25, -0.2) is 0 Å². The monoisotopic (exact) mass is 177 g/mol. The average Bonchev–Trinajstić information content (AvgIpc) is 2.16. The van der Waals surface area contributed by atoms with Crippen molar-refractivity contribution in [3.63, 3.8) is 0 Å². The molecule has 0 bridgehead atoms. The van der Waals surface area contributed by atoms with Gasteiger partial charge in [-0.3, -0.25) is 5.11 Å². The van der Waals surface area contributed by atoms with Crippen LogP contribution in [0.15, 0.2) is 24.3 Å². The lowest BCUT2D eigenvalue weighted by molar-refractivity contribution is 0.344. The molecule has 0 N–H and O–H groups in total. The smallest absolute Gasteiger partial charge is 0.182 e. The molecule has 0 saturated carbocycles. The molecule has 0 aliphatic heterocycles. The van der Waals surface area contributed by atoms with Gasteiger partial charge in [-0.05, 0) is 24.8 Å². The van der Waals surface area contributed by atoms with Crippen LogP contribution in [0.25, 0.3) is 0 Å². The fourth-order valence-electron chi connectivity index (χ4n) is 1.75. The van der Waals surface area contributed by atoms with E-state index in [4.69, 9.17) is 0 Å². The molecule has 0 heterocycles. The highest BCUT2D eigenvalue weighted by atomic mass is 16.3. The van der Waals surface area contributed by atoms with Gasteiger partial charge < -0.3 is 0 Å². The molecular weight excluding hydrogens is 160 g/mol. The SMILES string of the molecule is CCCC(CC)c1ccccc1[O]. The van der Waals surface area contributed by atoms with Crippen LogP contribution < -0.4 is 0 Å². The van der Waals surface area contributed by atoms with Crippen LogP contribution in [0.5, 0.6) is 5.75 Å². The summed E-state index contributed by atoms with van der Waals surface area (Å²) in [5.41, 5.74) is 0.992. The third-order valence-electron chi connectivity index (χ3n) is 2.49. The minimum absolute atomic E-state index is 0.197. The first kappa shape index (κ1) is 10.1. The number of hydrogen-bond acceptors (Lipinski definition) is 0. The fraction of sp³-hybridized carbons (Fsp3) is 0.500. The van der Waals surface area contributed by atoms with Gasteiger partial charge in [0.1, 0.15) is 0 Å². The van der Waals surface area contributed by atoms with Gasteiger partial charge in [0.2, 0.25) is 0 Å². The normalized spacial score (nSPS) is 12.8. The van der Waals surface area contributed by atoms with Crippen LogP contribution in [-0.2, 0) is 5.11 Å². The third-order valence-corrected chi connectivity index (χ3v) is 2.49. The van der Waals surface area contributed by atoms with Crippen LogP contribution in [0, 0.1) is 0 Å². The van der Waals surface area contributed by atoms with E-state index in [1.54, 1.807) is 6.07 Å². The van der Waals surface area contributed by atoms with Gasteiger partial charge in [-0.15, -0.1) is 0 Å². The van der Waals surface area contributed by atoms with Crippen molar-refractivity contribution in [2.75, 3.05) is 0 Å². The molecule has 1 unspecified atom stereocenters. The maximum Gasteiger partial charge on any atom is 0.182 e. The van der Waals surface area contributed by atoms with Crippen molar-refractivity contribution in [1.82, 2.24) is 0 Å². The van der Waals surface area contributed by atoms with E-state index in [1.807, 2.05) is 18.2 Å². The van der Waals surface area contributed by atoms with E-state index in [-0.39, 0.29) is 5.75 Å². The van der Waals surface area contributed by atoms with E-state index in [0.29, 0.717) is 5.92 Å². The first-order valence-electron chi connectivity index (χ1n) is 5.05. The number of hydrogen-bond donors (Lipinski definition) is 0. The highest BCUT2D eigenvalue weighted by Crippen LogP contribution is 2.31. The fourth-order valence-corrected chi connectivity index (χ4v) is 1.75. The van der Waals surface area contributed by atoms with E-state index < -0.39 is 0 Å². The van der Waals surface area contributed by atoms with Crippen molar-refractivity contribution in [1.29, 1.82) is 0 Å². The van der Waals surface area contributed by atoms with E-state index in [9.17, 15) is 5.11 Å². The summed E-state index contributed by atoms with van der Waals surface area (Å²) in [6, 6.07) is 7.39. The van der Waals surface area contributed by atoms with Gasteiger partial charge in [0, 0.05) is 5.56 Å². The van der Waals surface area contributed by atoms with Crippen molar-refractivity contribution in [3.8, 4) is 5.75 Å². The zero-order valence-corrected chi connectivity index (χ0v) is 8.42. The Hall–Kier alpha value is -0.980. The maximum absolute atomic E-state index is 11.5. The van der Waals surface area contributed by atoms with E-state index >= 15 is 0 Å². The summed E-state index contributed by atoms with van der Waals surface area (Å²) in [6.45, 7) is 4.31. The Balaban J connectivity index is 2.84. The topological polar surface area (TPSA) is 19.9 Å². The van der Waals surface area contributed by atoms with Crippen LogP contribution in [0.2, 0.25) is 0 Å². The zero-order chi connectivity index (χ0) is 9.68. The first-order chi connectivity index (χ1) is 6.29. The Kier molecular flexibility index (Phi) is 3.81. The summed E-state index contributed by atoms with van der Waals surface area (Å²) in [4.78, 5) is 0. The van der Waals surface area contributed by atoms with Gasteiger partial charge >= 0.3 is 0 Å². The first-order valence-corrected chi connectivity index (χ1v) is 5.05. The summed E-state index contributed by atoms with van der Waals surface area (Å²) in [5.74, 6) is 0.654. The molecule has 0 aliphatic rings. The van der Waals surface area contributed by atoms with Crippen molar-refractivity contribution < 1.29 is 5.11 Å². The predicted octanol–water partition coefficient (Wildman–Crippen LogP) is 4.12. The van der Waals surface area contributed by atoms with Crippen molar-refractivity contribution >= 4 is 0 Å². The Morgan fingerprint density at radius 3 is 2.46 bits per heavy atom. The number of benzene rings is 1. The lowest BCUT2D eigenvalue weighted by atomic mass is 9.91. The molecule has 0 saturated heterocycles. The summed E-state index contributed by atoms with van der Waals surface area (Å²) < 4.78 is 0. The molecule has 1 aromatic rings. The molecule has 1 atom stereocenters. The second-order valence-corrected chi connectivity index (χ2v) is 3.43. The van der Waals surface area contributed by atoms with Gasteiger partial charge in [-0.2, -0.15) is 0 Å². The predicted molar refractivity (Wildman–Crippen MR) is 54.5 cm³/mol. The summed E-state index contributed by atoms with van der Waals surface area (Å²) in [5, 5.41) is 11.5. The van der Waals surface area contributed by atoms with Crippen molar-refractivity contribution in [2.24, 2.45) is 0 Å². The van der Waals surface area contributed by atoms with Crippen LogP contribution >= 0.6 is 0 Å². The van der Waals surface area contributed by atoms with Gasteiger partial charge in [0.25, 0.3) is 0 Å². The molecule has 0 spiro atoms. The molecule has 1 heteroatoms. The molecule has 1 nitrogen and oxygen atoms in total. The third kappa shape index (κ3) is 2.48. The van der Waals surface area contributed by atoms with E-state index in [2.05, 4.69) is 13.8 Å². The Bertz CT molecular complexity index is 255. The van der Waals surface area contributed by atoms with Crippen molar-refractivity contribution in [3.05, 3.63) is 29.8 Å². The standard InChI is InChI=1S/C12H17O/c1-3-7-10(4-2)11-8-5-6-9-12(11)13/h5-6,8-10H,3-4,7H2,1-2H3. The lowest BCUT2D eigenvalue weighted by Crippen LogP contribution is -1.96. The Morgan fingerprint density at radius 2 is 1.92 bits per heavy atom. The van der Waals surface area contributed by atoms with E-state index in [0.717, 1.165) is 24.8 Å². The highest BCUT2D eigenvalue weighted by molar-refractivity contribution is 5.34. The van der Waals surface area contributed by atoms with Gasteiger partial charge in [0.15, 0.2) is 5.75 Å². The van der Waals surface area contributed by atoms with Crippen LogP contribution in [-0.4, -0.2) is 0 Å². The van der Waals surface area contributed by atoms with Crippen LogP contribution in [0.1, 0.15) is 44.6 Å². The van der Waals surface area contributed by atoms with Crippen LogP contribution in [0.4, 0.5) is 0 Å². The Labute approximate surface area is 80.4 Å².